The fourth-order valence-corrected chi connectivity index (χ4v) is 3.65. The Kier molecular flexibility index (Phi) is 10.3. The molecule has 2 aromatic rings. The summed E-state index contributed by atoms with van der Waals surface area (Å²) in [7, 11) is 0. The number of nitrogens with zero attached hydrogens (tertiary/aromatic N) is 1. The van der Waals surface area contributed by atoms with E-state index in [1.54, 1.807) is 17.0 Å². The summed E-state index contributed by atoms with van der Waals surface area (Å²) in [5.74, 6) is 0.514. The van der Waals surface area contributed by atoms with Crippen molar-refractivity contribution in [2.75, 3.05) is 6.61 Å². The van der Waals surface area contributed by atoms with E-state index in [-0.39, 0.29) is 30.8 Å². The van der Waals surface area contributed by atoms with Gasteiger partial charge in [-0.05, 0) is 63.4 Å². The Hall–Kier alpha value is -2.24. The van der Waals surface area contributed by atoms with Crippen LogP contribution in [-0.4, -0.2) is 35.4 Å². The Morgan fingerprint density at radius 2 is 1.75 bits per heavy atom. The van der Waals surface area contributed by atoms with E-state index >= 15 is 0 Å². The third-order valence-corrected chi connectivity index (χ3v) is 5.72. The van der Waals surface area contributed by atoms with Gasteiger partial charge in [0.2, 0.25) is 11.8 Å². The first kappa shape index (κ1) is 26.0. The molecule has 174 valence electrons. The molecular weight excluding hydrogens is 447 g/mol. The van der Waals surface area contributed by atoms with Gasteiger partial charge in [-0.15, -0.1) is 0 Å². The number of hydrogen-bond acceptors (Lipinski definition) is 3. The largest absolute Gasteiger partial charge is 0.494 e. The first-order valence-electron chi connectivity index (χ1n) is 10.9. The lowest BCUT2D eigenvalue weighted by molar-refractivity contribution is -0.141. The average molecular weight is 479 g/mol. The van der Waals surface area contributed by atoms with Crippen LogP contribution in [0, 0.1) is 6.92 Å². The van der Waals surface area contributed by atoms with E-state index in [9.17, 15) is 9.59 Å². The van der Waals surface area contributed by atoms with Gasteiger partial charge in [0.1, 0.15) is 11.8 Å². The van der Waals surface area contributed by atoms with Gasteiger partial charge in [-0.3, -0.25) is 9.59 Å². The Bertz CT molecular complexity index is 901. The van der Waals surface area contributed by atoms with Crippen LogP contribution in [0.15, 0.2) is 42.5 Å². The summed E-state index contributed by atoms with van der Waals surface area (Å²) in [4.78, 5) is 27.6. The Balaban J connectivity index is 2.08. The number of ether oxygens (including phenoxy) is 1. The smallest absolute Gasteiger partial charge is 0.243 e. The average Bonchev–Trinajstić information content (AvgIpc) is 2.74. The second-order valence-corrected chi connectivity index (χ2v) is 8.94. The number of halogens is 2. The fraction of sp³-hybridized carbons (Fsp3) is 0.440. The maximum absolute atomic E-state index is 13.2. The summed E-state index contributed by atoms with van der Waals surface area (Å²) >= 11 is 12.2. The zero-order chi connectivity index (χ0) is 23.7. The highest BCUT2D eigenvalue weighted by Crippen LogP contribution is 2.24. The molecule has 0 unspecified atom stereocenters. The number of carbonyl (C=O) groups is 2. The molecule has 1 N–H and O–H groups in total. The minimum atomic E-state index is -0.572. The number of benzene rings is 2. The van der Waals surface area contributed by atoms with Crippen LogP contribution >= 0.6 is 23.2 Å². The van der Waals surface area contributed by atoms with Crippen molar-refractivity contribution in [1.29, 1.82) is 0 Å². The molecule has 0 aromatic heterocycles. The molecule has 0 saturated heterocycles. The van der Waals surface area contributed by atoms with Gasteiger partial charge in [-0.25, -0.2) is 0 Å². The van der Waals surface area contributed by atoms with Crippen LogP contribution < -0.4 is 10.1 Å². The highest BCUT2D eigenvalue weighted by atomic mass is 35.5. The van der Waals surface area contributed by atoms with Crippen molar-refractivity contribution in [3.63, 3.8) is 0 Å². The number of carbonyl (C=O) groups excluding carboxylic acids is 2. The van der Waals surface area contributed by atoms with E-state index < -0.39 is 6.04 Å². The molecule has 7 heteroatoms. The van der Waals surface area contributed by atoms with Crippen LogP contribution in [0.5, 0.6) is 5.75 Å². The molecule has 5 nitrogen and oxygen atoms in total. The first-order chi connectivity index (χ1) is 15.2. The number of nitrogens with one attached hydrogen (secondary N) is 1. The highest BCUT2D eigenvalue weighted by Gasteiger charge is 2.28. The van der Waals surface area contributed by atoms with Crippen LogP contribution in [0.3, 0.4) is 0 Å². The molecule has 0 bridgehead atoms. The van der Waals surface area contributed by atoms with Gasteiger partial charge < -0.3 is 15.0 Å². The molecule has 0 spiro atoms. The number of hydrogen-bond donors (Lipinski definition) is 1. The van der Waals surface area contributed by atoms with Crippen molar-refractivity contribution >= 4 is 35.0 Å². The maximum atomic E-state index is 13.2. The quantitative estimate of drug-likeness (QED) is 0.415. The van der Waals surface area contributed by atoms with Gasteiger partial charge >= 0.3 is 0 Å². The normalized spacial score (nSPS) is 11.8. The molecule has 0 fully saturated rings. The van der Waals surface area contributed by atoms with Crippen molar-refractivity contribution in [2.24, 2.45) is 0 Å². The molecule has 0 aliphatic carbocycles. The predicted molar refractivity (Wildman–Crippen MR) is 130 cm³/mol. The number of amides is 2. The molecule has 1 atom stereocenters. The van der Waals surface area contributed by atoms with E-state index in [1.807, 2.05) is 58.0 Å². The summed E-state index contributed by atoms with van der Waals surface area (Å²) in [6.07, 6.45) is 1.33. The van der Waals surface area contributed by atoms with Crippen molar-refractivity contribution in [3.8, 4) is 5.75 Å². The topological polar surface area (TPSA) is 58.6 Å². The lowest BCUT2D eigenvalue weighted by Gasteiger charge is -2.31. The zero-order valence-electron chi connectivity index (χ0n) is 19.2. The number of rotatable bonds is 11. The molecule has 0 aliphatic rings. The van der Waals surface area contributed by atoms with Gasteiger partial charge in [0.05, 0.1) is 16.7 Å². The minimum absolute atomic E-state index is 0.0126. The summed E-state index contributed by atoms with van der Waals surface area (Å²) in [6.45, 7) is 8.42. The molecule has 0 saturated carbocycles. The molecular formula is C25H32Cl2N2O3. The van der Waals surface area contributed by atoms with Gasteiger partial charge in [0, 0.05) is 19.0 Å². The fourth-order valence-electron chi connectivity index (χ4n) is 3.33. The Morgan fingerprint density at radius 1 is 1.06 bits per heavy atom. The standard InChI is InChI=1S/C25H32Cl2N2O3/c1-5-23(25(31)28-17(2)3)29(16-19-10-13-21(26)22(27)15-19)24(30)7-6-14-32-20-11-8-18(4)9-12-20/h8-13,15,17,23H,5-7,14,16H2,1-4H3,(H,28,31)/t23-/m1/s1. The summed E-state index contributed by atoms with van der Waals surface area (Å²) in [6, 6.07) is 12.5. The van der Waals surface area contributed by atoms with Crippen LogP contribution in [-0.2, 0) is 16.1 Å². The van der Waals surface area contributed by atoms with E-state index in [1.165, 1.54) is 0 Å². The molecule has 0 aliphatic heterocycles. The SMILES string of the molecule is CC[C@H](C(=O)NC(C)C)N(Cc1ccc(Cl)c(Cl)c1)C(=O)CCCOc1ccc(C)cc1. The second kappa shape index (κ2) is 12.7. The van der Waals surface area contributed by atoms with Gasteiger partial charge in [0.25, 0.3) is 0 Å². The van der Waals surface area contributed by atoms with Gasteiger partial charge in [-0.2, -0.15) is 0 Å². The van der Waals surface area contributed by atoms with E-state index in [2.05, 4.69) is 5.32 Å². The third kappa shape index (κ3) is 8.03. The maximum Gasteiger partial charge on any atom is 0.243 e. The zero-order valence-corrected chi connectivity index (χ0v) is 20.7. The van der Waals surface area contributed by atoms with E-state index in [4.69, 9.17) is 27.9 Å². The Labute approximate surface area is 201 Å². The molecule has 0 heterocycles. The third-order valence-electron chi connectivity index (χ3n) is 4.98. The Morgan fingerprint density at radius 3 is 2.34 bits per heavy atom. The predicted octanol–water partition coefficient (Wildman–Crippen LogP) is 5.79. The van der Waals surface area contributed by atoms with Gasteiger partial charge in [0.15, 0.2) is 0 Å². The first-order valence-corrected chi connectivity index (χ1v) is 11.7. The lowest BCUT2D eigenvalue weighted by atomic mass is 10.1. The highest BCUT2D eigenvalue weighted by molar-refractivity contribution is 6.42. The van der Waals surface area contributed by atoms with E-state index in [0.29, 0.717) is 29.5 Å². The van der Waals surface area contributed by atoms with Crippen LogP contribution in [0.1, 0.15) is 51.2 Å². The van der Waals surface area contributed by atoms with Crippen molar-refractivity contribution < 1.29 is 14.3 Å². The monoisotopic (exact) mass is 478 g/mol. The molecule has 0 radical (unpaired) electrons. The molecule has 32 heavy (non-hydrogen) atoms. The molecule has 2 amide bonds. The summed E-state index contributed by atoms with van der Waals surface area (Å²) in [5.41, 5.74) is 1.98. The molecule has 2 aromatic carbocycles. The van der Waals surface area contributed by atoms with Crippen molar-refractivity contribution in [2.45, 2.75) is 65.6 Å². The number of aryl methyl sites for hydroxylation is 1. The summed E-state index contributed by atoms with van der Waals surface area (Å²) < 4.78 is 5.74. The second-order valence-electron chi connectivity index (χ2n) is 8.12. The van der Waals surface area contributed by atoms with Crippen molar-refractivity contribution in [1.82, 2.24) is 10.2 Å². The minimum Gasteiger partial charge on any atom is -0.494 e. The summed E-state index contributed by atoms with van der Waals surface area (Å²) in [5, 5.41) is 3.79. The molecule has 2 rings (SSSR count). The van der Waals surface area contributed by atoms with Crippen LogP contribution in [0.2, 0.25) is 10.0 Å². The lowest BCUT2D eigenvalue weighted by Crippen LogP contribution is -2.50. The van der Waals surface area contributed by atoms with Crippen LogP contribution in [0.25, 0.3) is 0 Å². The van der Waals surface area contributed by atoms with E-state index in [0.717, 1.165) is 16.9 Å². The van der Waals surface area contributed by atoms with Crippen LogP contribution in [0.4, 0.5) is 0 Å². The van der Waals surface area contributed by atoms with Crippen molar-refractivity contribution in [3.05, 3.63) is 63.6 Å². The van der Waals surface area contributed by atoms with Gasteiger partial charge in [-0.1, -0.05) is 53.9 Å².